The van der Waals surface area contributed by atoms with Gasteiger partial charge < -0.3 is 10.2 Å². The van der Waals surface area contributed by atoms with Crippen LogP contribution < -0.4 is 15.8 Å². The number of aryl methyl sites for hydroxylation is 1. The fraction of sp³-hybridized carbons (Fsp3) is 0.261. The van der Waals surface area contributed by atoms with Gasteiger partial charge in [-0.2, -0.15) is 4.68 Å². The Morgan fingerprint density at radius 1 is 1.13 bits per heavy atom. The van der Waals surface area contributed by atoms with Crippen molar-refractivity contribution >= 4 is 29.0 Å². The molecule has 0 bridgehead atoms. The second kappa shape index (κ2) is 8.71. The smallest absolute Gasteiger partial charge is 0.271 e. The fourth-order valence-electron chi connectivity index (χ4n) is 3.73. The van der Waals surface area contributed by atoms with Crippen LogP contribution in [0.5, 0.6) is 0 Å². The summed E-state index contributed by atoms with van der Waals surface area (Å²) in [6.07, 6.45) is 1.70. The van der Waals surface area contributed by atoms with Gasteiger partial charge in [-0.1, -0.05) is 29.8 Å². The van der Waals surface area contributed by atoms with E-state index < -0.39 is 0 Å². The first-order chi connectivity index (χ1) is 14.5. The molecule has 6 nitrogen and oxygen atoms in total. The Labute approximate surface area is 180 Å². The van der Waals surface area contributed by atoms with Gasteiger partial charge in [0.15, 0.2) is 0 Å². The highest BCUT2D eigenvalue weighted by Crippen LogP contribution is 2.23. The van der Waals surface area contributed by atoms with Crippen LogP contribution in [0, 0.1) is 12.8 Å². The molecular weight excluding hydrogens is 400 g/mol. The molecule has 1 N–H and O–H groups in total. The summed E-state index contributed by atoms with van der Waals surface area (Å²) in [5, 5.41) is 8.10. The van der Waals surface area contributed by atoms with E-state index >= 15 is 0 Å². The van der Waals surface area contributed by atoms with Crippen molar-refractivity contribution in [3.05, 3.63) is 81.6 Å². The van der Waals surface area contributed by atoms with Gasteiger partial charge in [-0.15, -0.1) is 5.10 Å². The Morgan fingerprint density at radius 2 is 1.97 bits per heavy atom. The molecule has 1 aromatic heterocycles. The van der Waals surface area contributed by atoms with E-state index in [4.69, 9.17) is 11.6 Å². The van der Waals surface area contributed by atoms with Crippen molar-refractivity contribution in [3.63, 3.8) is 0 Å². The lowest BCUT2D eigenvalue weighted by Crippen LogP contribution is -2.41. The van der Waals surface area contributed by atoms with Crippen molar-refractivity contribution in [2.24, 2.45) is 5.92 Å². The number of benzene rings is 2. The summed E-state index contributed by atoms with van der Waals surface area (Å²) in [7, 11) is 0. The quantitative estimate of drug-likeness (QED) is 0.688. The minimum atomic E-state index is -0.230. The molecule has 0 spiro atoms. The van der Waals surface area contributed by atoms with E-state index in [0.29, 0.717) is 23.1 Å². The van der Waals surface area contributed by atoms with Gasteiger partial charge in [0.2, 0.25) is 5.91 Å². The number of nitrogens with one attached hydrogen (secondary N) is 1. The SMILES string of the molecule is Cc1cccc(NC(=O)[C@H]2CCCN(c3ccc(=O)n(-c4cccc(Cl)c4)n3)C2)c1. The van der Waals surface area contributed by atoms with E-state index in [0.717, 1.165) is 30.6 Å². The van der Waals surface area contributed by atoms with Crippen LogP contribution in [0.15, 0.2) is 65.5 Å². The molecule has 1 atom stereocenters. The third-order valence-corrected chi connectivity index (χ3v) is 5.48. The topological polar surface area (TPSA) is 67.2 Å². The molecular formula is C23H23ClN4O2. The summed E-state index contributed by atoms with van der Waals surface area (Å²) in [6, 6.07) is 18.0. The number of amides is 1. The largest absolute Gasteiger partial charge is 0.354 e. The number of anilines is 2. The molecule has 154 valence electrons. The summed E-state index contributed by atoms with van der Waals surface area (Å²) >= 11 is 6.07. The zero-order valence-corrected chi connectivity index (χ0v) is 17.5. The van der Waals surface area contributed by atoms with Crippen molar-refractivity contribution in [1.29, 1.82) is 0 Å². The molecule has 0 unspecified atom stereocenters. The number of rotatable bonds is 4. The zero-order valence-electron chi connectivity index (χ0n) is 16.7. The van der Waals surface area contributed by atoms with Crippen LogP contribution in [-0.4, -0.2) is 28.8 Å². The average molecular weight is 423 g/mol. The highest BCUT2D eigenvalue weighted by atomic mass is 35.5. The number of carbonyl (C=O) groups excluding carboxylic acids is 1. The highest BCUT2D eigenvalue weighted by Gasteiger charge is 2.27. The van der Waals surface area contributed by atoms with Crippen molar-refractivity contribution in [2.75, 3.05) is 23.3 Å². The second-order valence-corrected chi connectivity index (χ2v) is 8.00. The Bertz CT molecular complexity index is 1130. The first kappa shape index (κ1) is 20.2. The van der Waals surface area contributed by atoms with Gasteiger partial charge in [0, 0.05) is 29.9 Å². The van der Waals surface area contributed by atoms with Crippen LogP contribution in [0.3, 0.4) is 0 Å². The van der Waals surface area contributed by atoms with E-state index in [9.17, 15) is 9.59 Å². The Balaban J connectivity index is 1.52. The Hall–Kier alpha value is -3.12. The molecule has 0 saturated carbocycles. The molecule has 1 fully saturated rings. The van der Waals surface area contributed by atoms with Crippen molar-refractivity contribution in [3.8, 4) is 5.69 Å². The molecule has 1 aliphatic heterocycles. The standard InChI is InChI=1S/C23H23ClN4O2/c1-16-5-2-8-19(13-16)25-23(30)17-6-4-12-27(15-17)21-10-11-22(29)28(26-21)20-9-3-7-18(24)14-20/h2-3,5,7-11,13-14,17H,4,6,12,15H2,1H3,(H,25,30)/t17-/m0/s1. The normalized spacial score (nSPS) is 16.3. The lowest BCUT2D eigenvalue weighted by molar-refractivity contribution is -0.120. The molecule has 2 heterocycles. The Morgan fingerprint density at radius 3 is 2.77 bits per heavy atom. The molecule has 1 amide bonds. The summed E-state index contributed by atoms with van der Waals surface area (Å²) in [5.41, 5.74) is 2.29. The van der Waals surface area contributed by atoms with Gasteiger partial charge in [0.1, 0.15) is 5.82 Å². The van der Waals surface area contributed by atoms with Crippen molar-refractivity contribution in [2.45, 2.75) is 19.8 Å². The second-order valence-electron chi connectivity index (χ2n) is 7.57. The fourth-order valence-corrected chi connectivity index (χ4v) is 3.91. The van der Waals surface area contributed by atoms with Gasteiger partial charge in [0.05, 0.1) is 11.6 Å². The predicted octanol–water partition coefficient (Wildman–Crippen LogP) is 4.05. The Kier molecular flexibility index (Phi) is 5.86. The zero-order chi connectivity index (χ0) is 21.1. The number of halogens is 1. The van der Waals surface area contributed by atoms with Crippen LogP contribution in [0.1, 0.15) is 18.4 Å². The molecule has 0 radical (unpaired) electrons. The molecule has 4 rings (SSSR count). The molecule has 30 heavy (non-hydrogen) atoms. The highest BCUT2D eigenvalue weighted by molar-refractivity contribution is 6.30. The molecule has 1 saturated heterocycles. The third-order valence-electron chi connectivity index (χ3n) is 5.24. The van der Waals surface area contributed by atoms with Crippen LogP contribution in [0.25, 0.3) is 5.69 Å². The van der Waals surface area contributed by atoms with Crippen LogP contribution in [-0.2, 0) is 4.79 Å². The van der Waals surface area contributed by atoms with Gasteiger partial charge in [-0.3, -0.25) is 9.59 Å². The van der Waals surface area contributed by atoms with Gasteiger partial charge >= 0.3 is 0 Å². The summed E-state index contributed by atoms with van der Waals surface area (Å²) in [4.78, 5) is 27.2. The van der Waals surface area contributed by atoms with Crippen molar-refractivity contribution in [1.82, 2.24) is 9.78 Å². The molecule has 1 aliphatic rings. The van der Waals surface area contributed by atoms with Gasteiger partial charge in [-0.05, 0) is 61.7 Å². The number of hydrogen-bond acceptors (Lipinski definition) is 4. The van der Waals surface area contributed by atoms with E-state index in [1.165, 1.54) is 10.7 Å². The minimum Gasteiger partial charge on any atom is -0.354 e. The maximum Gasteiger partial charge on any atom is 0.271 e. The number of piperidine rings is 1. The lowest BCUT2D eigenvalue weighted by Gasteiger charge is -2.33. The summed E-state index contributed by atoms with van der Waals surface area (Å²) in [5.74, 6) is 0.531. The summed E-state index contributed by atoms with van der Waals surface area (Å²) in [6.45, 7) is 3.34. The van der Waals surface area contributed by atoms with Gasteiger partial charge in [0.25, 0.3) is 5.56 Å². The molecule has 3 aromatic rings. The molecule has 2 aromatic carbocycles. The average Bonchev–Trinajstić information content (AvgIpc) is 2.74. The number of nitrogens with zero attached hydrogens (tertiary/aromatic N) is 3. The summed E-state index contributed by atoms with van der Waals surface area (Å²) < 4.78 is 1.34. The van der Waals surface area contributed by atoms with Crippen LogP contribution in [0.2, 0.25) is 5.02 Å². The monoisotopic (exact) mass is 422 g/mol. The van der Waals surface area contributed by atoms with E-state index in [-0.39, 0.29) is 17.4 Å². The van der Waals surface area contributed by atoms with E-state index in [1.807, 2.05) is 31.2 Å². The number of aromatic nitrogens is 2. The lowest BCUT2D eigenvalue weighted by atomic mass is 9.97. The van der Waals surface area contributed by atoms with E-state index in [1.54, 1.807) is 30.3 Å². The maximum absolute atomic E-state index is 12.8. The van der Waals surface area contributed by atoms with Crippen LogP contribution in [0.4, 0.5) is 11.5 Å². The minimum absolute atomic E-state index is 0.00784. The first-order valence-electron chi connectivity index (χ1n) is 9.98. The maximum atomic E-state index is 12.8. The van der Waals surface area contributed by atoms with Crippen LogP contribution >= 0.6 is 11.6 Å². The number of hydrogen-bond donors (Lipinski definition) is 1. The third kappa shape index (κ3) is 4.54. The molecule has 0 aliphatic carbocycles. The predicted molar refractivity (Wildman–Crippen MR) is 120 cm³/mol. The van der Waals surface area contributed by atoms with Gasteiger partial charge in [-0.25, -0.2) is 0 Å². The van der Waals surface area contributed by atoms with E-state index in [2.05, 4.69) is 15.3 Å². The number of carbonyl (C=O) groups is 1. The molecule has 7 heteroatoms. The first-order valence-corrected chi connectivity index (χ1v) is 10.4. The van der Waals surface area contributed by atoms with Crippen molar-refractivity contribution < 1.29 is 4.79 Å².